The number of amides is 1. The van der Waals surface area contributed by atoms with Crippen molar-refractivity contribution in [3.63, 3.8) is 0 Å². The summed E-state index contributed by atoms with van der Waals surface area (Å²) in [5.74, 6) is -51.2. The van der Waals surface area contributed by atoms with Crippen LogP contribution in [-0.4, -0.2) is 86.3 Å². The third kappa shape index (κ3) is 6.71. The van der Waals surface area contributed by atoms with E-state index in [0.717, 1.165) is 5.32 Å². The van der Waals surface area contributed by atoms with Crippen LogP contribution in [0.5, 0.6) is 0 Å². The van der Waals surface area contributed by atoms with Gasteiger partial charge in [-0.05, 0) is 19.3 Å². The van der Waals surface area contributed by atoms with Gasteiger partial charge in [0.1, 0.15) is 0 Å². The molecular formula is C16H20F15IN2O. The van der Waals surface area contributed by atoms with E-state index in [-0.39, 0.29) is 36.8 Å². The zero-order valence-electron chi connectivity index (χ0n) is 17.9. The normalized spacial score (nSPS) is 15.0. The molecule has 1 amide bonds. The zero-order chi connectivity index (χ0) is 27.8. The smallest absolute Gasteiger partial charge is 0.460 e. The Morgan fingerprint density at radius 3 is 1.34 bits per heavy atom. The summed E-state index contributed by atoms with van der Waals surface area (Å²) in [5, 5.41) is 0.976. The number of quaternary nitrogens is 1. The summed E-state index contributed by atoms with van der Waals surface area (Å²) in [6, 6.07) is 0. The van der Waals surface area contributed by atoms with Crippen molar-refractivity contribution in [2.75, 3.05) is 34.2 Å². The summed E-state index contributed by atoms with van der Waals surface area (Å²) in [5.41, 5.74) is 0. The average Bonchev–Trinajstić information content (AvgIpc) is 2.61. The predicted molar refractivity (Wildman–Crippen MR) is 85.5 cm³/mol. The van der Waals surface area contributed by atoms with Crippen molar-refractivity contribution in [1.29, 1.82) is 0 Å². The first-order chi connectivity index (χ1) is 14.6. The lowest BCUT2D eigenvalue weighted by molar-refractivity contribution is -0.870. The van der Waals surface area contributed by atoms with Crippen LogP contribution < -0.4 is 29.3 Å². The quantitative estimate of drug-likeness (QED) is 0.147. The van der Waals surface area contributed by atoms with Gasteiger partial charge in [0.05, 0.1) is 27.7 Å². The maximum Gasteiger partial charge on any atom is 0.460 e. The Labute approximate surface area is 206 Å². The van der Waals surface area contributed by atoms with Crippen LogP contribution in [0, 0.1) is 0 Å². The number of alkyl halides is 15. The SMILES string of the molecule is C[N+](C)(C)CCCCCNC(=O)C(F)(F)C(F)(F)C(F)(F)C(F)(F)C(F)(F)C(F)(F)C(F)(F)F.[I-]. The molecule has 35 heavy (non-hydrogen) atoms. The lowest BCUT2D eigenvalue weighted by Crippen LogP contribution is -3.00. The van der Waals surface area contributed by atoms with Crippen LogP contribution in [0.2, 0.25) is 0 Å². The van der Waals surface area contributed by atoms with Crippen molar-refractivity contribution >= 4 is 5.91 Å². The van der Waals surface area contributed by atoms with Crippen molar-refractivity contribution < 1.29 is 99.1 Å². The van der Waals surface area contributed by atoms with Gasteiger partial charge in [0.25, 0.3) is 5.91 Å². The molecular weight excluding hydrogens is 648 g/mol. The molecule has 0 aliphatic rings. The first kappa shape index (κ1) is 36.3. The molecule has 0 fully saturated rings. The van der Waals surface area contributed by atoms with Crippen LogP contribution >= 0.6 is 0 Å². The van der Waals surface area contributed by atoms with Gasteiger partial charge in [-0.25, -0.2) is 0 Å². The highest BCUT2D eigenvalue weighted by Crippen LogP contribution is 2.62. The van der Waals surface area contributed by atoms with Crippen molar-refractivity contribution in [2.24, 2.45) is 0 Å². The maximum atomic E-state index is 13.6. The molecule has 1 N–H and O–H groups in total. The maximum absolute atomic E-state index is 13.6. The first-order valence-corrected chi connectivity index (χ1v) is 9.05. The van der Waals surface area contributed by atoms with Crippen LogP contribution in [-0.2, 0) is 4.79 Å². The minimum absolute atomic E-state index is 0. The summed E-state index contributed by atoms with van der Waals surface area (Å²) in [6.45, 7) is -0.383. The molecule has 0 spiro atoms. The fourth-order valence-corrected chi connectivity index (χ4v) is 2.31. The van der Waals surface area contributed by atoms with Gasteiger partial charge >= 0.3 is 41.7 Å². The fraction of sp³-hybridized carbons (Fsp3) is 0.938. The van der Waals surface area contributed by atoms with Gasteiger partial charge < -0.3 is 33.8 Å². The van der Waals surface area contributed by atoms with Crippen LogP contribution in [0.3, 0.4) is 0 Å². The lowest BCUT2D eigenvalue weighted by atomic mass is 9.91. The Morgan fingerprint density at radius 1 is 0.600 bits per heavy atom. The molecule has 0 saturated carbocycles. The standard InChI is InChI=1S/C16H19F15N2O.HI/c1-33(2,3)8-6-4-5-7-32-9(34)10(17,18)11(19,20)12(21,22)13(23,24)14(25,26)15(27,28)16(29,30)31;/h4-8H2,1-3H3;1H. The van der Waals surface area contributed by atoms with Crippen molar-refractivity contribution in [3.05, 3.63) is 0 Å². The number of carbonyl (C=O) groups is 1. The van der Waals surface area contributed by atoms with E-state index < -0.39 is 54.2 Å². The number of rotatable bonds is 12. The minimum Gasteiger partial charge on any atom is -1.00 e. The summed E-state index contributed by atoms with van der Waals surface area (Å²) in [6.07, 6.45) is -7.31. The number of carbonyl (C=O) groups excluding carboxylic acids is 1. The Hall–Kier alpha value is -0.890. The van der Waals surface area contributed by atoms with Crippen molar-refractivity contribution in [1.82, 2.24) is 5.32 Å². The second kappa shape index (κ2) is 10.8. The molecule has 0 aromatic carbocycles. The van der Waals surface area contributed by atoms with E-state index in [9.17, 15) is 70.7 Å². The summed E-state index contributed by atoms with van der Waals surface area (Å²) < 4.78 is 196. The van der Waals surface area contributed by atoms with E-state index >= 15 is 0 Å². The Balaban J connectivity index is 0. The number of hydrogen-bond acceptors (Lipinski definition) is 1. The molecule has 0 saturated heterocycles. The topological polar surface area (TPSA) is 29.1 Å². The van der Waals surface area contributed by atoms with Crippen LogP contribution in [0.1, 0.15) is 19.3 Å². The van der Waals surface area contributed by atoms with Gasteiger partial charge in [-0.3, -0.25) is 4.79 Å². The van der Waals surface area contributed by atoms with Crippen molar-refractivity contribution in [2.45, 2.75) is 61.0 Å². The third-order valence-electron chi connectivity index (χ3n) is 4.40. The number of hydrogen-bond donors (Lipinski definition) is 1. The van der Waals surface area contributed by atoms with Gasteiger partial charge in [0.2, 0.25) is 0 Å². The molecule has 0 atom stereocenters. The summed E-state index contributed by atoms with van der Waals surface area (Å²) in [7, 11) is 5.28. The zero-order valence-corrected chi connectivity index (χ0v) is 20.1. The van der Waals surface area contributed by atoms with Gasteiger partial charge in [0.15, 0.2) is 0 Å². The second-order valence-corrected chi connectivity index (χ2v) is 8.27. The predicted octanol–water partition coefficient (Wildman–Crippen LogP) is 2.36. The molecule has 0 radical (unpaired) electrons. The van der Waals surface area contributed by atoms with Crippen LogP contribution in [0.4, 0.5) is 65.9 Å². The largest absolute Gasteiger partial charge is 1.00 e. The van der Waals surface area contributed by atoms with E-state index in [1.165, 1.54) is 0 Å². The third-order valence-corrected chi connectivity index (χ3v) is 4.40. The van der Waals surface area contributed by atoms with Gasteiger partial charge in [-0.2, -0.15) is 65.9 Å². The van der Waals surface area contributed by atoms with E-state index in [2.05, 4.69) is 0 Å². The van der Waals surface area contributed by atoms with Crippen LogP contribution in [0.15, 0.2) is 0 Å². The van der Waals surface area contributed by atoms with Gasteiger partial charge in [0, 0.05) is 6.54 Å². The number of unbranched alkanes of at least 4 members (excludes halogenated alkanes) is 2. The highest BCUT2D eigenvalue weighted by atomic mass is 127. The fourth-order valence-electron chi connectivity index (χ4n) is 2.31. The molecule has 0 aromatic heterocycles. The summed E-state index contributed by atoms with van der Waals surface area (Å²) >= 11 is 0. The Bertz CT molecular complexity index is 717. The average molecular weight is 668 g/mol. The van der Waals surface area contributed by atoms with Gasteiger partial charge in [-0.15, -0.1) is 0 Å². The van der Waals surface area contributed by atoms with Crippen LogP contribution in [0.25, 0.3) is 0 Å². The summed E-state index contributed by atoms with van der Waals surface area (Å²) in [4.78, 5) is 11.2. The van der Waals surface area contributed by atoms with E-state index in [0.29, 0.717) is 17.4 Å². The molecule has 0 bridgehead atoms. The van der Waals surface area contributed by atoms with E-state index in [1.807, 2.05) is 0 Å². The molecule has 0 aliphatic heterocycles. The molecule has 19 heteroatoms. The molecule has 0 rings (SSSR count). The number of nitrogens with zero attached hydrogens (tertiary/aromatic N) is 1. The highest BCUT2D eigenvalue weighted by molar-refractivity contribution is 5.84. The molecule has 0 unspecified atom stereocenters. The van der Waals surface area contributed by atoms with E-state index in [4.69, 9.17) is 0 Å². The minimum atomic E-state index is -8.41. The lowest BCUT2D eigenvalue weighted by Gasteiger charge is -2.41. The van der Waals surface area contributed by atoms with Crippen molar-refractivity contribution in [3.8, 4) is 0 Å². The first-order valence-electron chi connectivity index (χ1n) is 9.05. The molecule has 3 nitrogen and oxygen atoms in total. The molecule has 0 aliphatic carbocycles. The van der Waals surface area contributed by atoms with Gasteiger partial charge in [-0.1, -0.05) is 0 Å². The Kier molecular flexibility index (Phi) is 11.2. The molecule has 212 valence electrons. The monoisotopic (exact) mass is 668 g/mol. The molecule has 0 heterocycles. The highest BCUT2D eigenvalue weighted by Gasteiger charge is 2.94. The Morgan fingerprint density at radius 2 is 0.971 bits per heavy atom. The number of halogens is 16. The second-order valence-electron chi connectivity index (χ2n) is 8.27. The number of nitrogens with one attached hydrogen (secondary N) is 1. The van der Waals surface area contributed by atoms with E-state index in [1.54, 1.807) is 21.1 Å². The molecule has 0 aromatic rings.